The van der Waals surface area contributed by atoms with Crippen LogP contribution in [0.25, 0.3) is 6.08 Å². The average Bonchev–Trinajstić information content (AvgIpc) is 3.09. The van der Waals surface area contributed by atoms with Crippen LogP contribution in [0.2, 0.25) is 0 Å². The van der Waals surface area contributed by atoms with E-state index in [1.54, 1.807) is 29.7 Å². The lowest BCUT2D eigenvalue weighted by Crippen LogP contribution is -2.32. The molecule has 1 fully saturated rings. The molecule has 0 radical (unpaired) electrons. The molecule has 0 saturated carbocycles. The predicted octanol–water partition coefficient (Wildman–Crippen LogP) is 4.77. The number of rotatable bonds is 4. The highest BCUT2D eigenvalue weighted by atomic mass is 32.1. The summed E-state index contributed by atoms with van der Waals surface area (Å²) in [6, 6.07) is 6.09. The molecule has 0 N–H and O–H groups in total. The second-order valence-corrected chi connectivity index (χ2v) is 7.62. The first-order valence-electron chi connectivity index (χ1n) is 9.54. The average molecular weight is 402 g/mol. The van der Waals surface area contributed by atoms with Gasteiger partial charge in [-0.15, -0.1) is 11.3 Å². The van der Waals surface area contributed by atoms with E-state index in [0.29, 0.717) is 10.8 Å². The van der Waals surface area contributed by atoms with Gasteiger partial charge in [-0.1, -0.05) is 31.4 Å². The molecule has 0 aliphatic carbocycles. The number of hydrogen-bond donors (Lipinski definition) is 0. The minimum absolute atomic E-state index is 0.0195. The van der Waals surface area contributed by atoms with Crippen LogP contribution in [0.4, 0.5) is 15.2 Å². The highest BCUT2D eigenvalue weighted by Gasteiger charge is 2.20. The van der Waals surface area contributed by atoms with Crippen LogP contribution in [-0.4, -0.2) is 34.8 Å². The second kappa shape index (κ2) is 9.59. The molecule has 0 atom stereocenters. The van der Waals surface area contributed by atoms with Crippen molar-refractivity contribution in [2.75, 3.05) is 18.0 Å². The third-order valence-electron chi connectivity index (χ3n) is 4.67. The van der Waals surface area contributed by atoms with E-state index in [0.717, 1.165) is 25.9 Å². The van der Waals surface area contributed by atoms with Crippen molar-refractivity contribution in [3.8, 4) is 0 Å². The molecule has 1 saturated heterocycles. The first-order valence-corrected chi connectivity index (χ1v) is 10.4. The van der Waals surface area contributed by atoms with Gasteiger partial charge in [0.25, 0.3) is 0 Å². The van der Waals surface area contributed by atoms with E-state index < -0.39 is 5.82 Å². The van der Waals surface area contributed by atoms with Crippen LogP contribution < -0.4 is 4.90 Å². The molecule has 3 rings (SSSR count). The van der Waals surface area contributed by atoms with Crippen molar-refractivity contribution in [3.05, 3.63) is 47.2 Å². The Hall–Kier alpha value is -2.54. The highest BCUT2D eigenvalue weighted by Crippen LogP contribution is 2.31. The van der Waals surface area contributed by atoms with Crippen molar-refractivity contribution in [1.82, 2.24) is 9.88 Å². The number of amides is 2. The molecular weight excluding hydrogens is 377 g/mol. The SMILES string of the molecule is CC(=O)N(c1nc(/C=C/C(=O)N2CCCCCCC2)cs1)c1ccccc1F. The Morgan fingerprint density at radius 2 is 1.82 bits per heavy atom. The van der Waals surface area contributed by atoms with E-state index in [4.69, 9.17) is 0 Å². The molecule has 2 heterocycles. The number of likely N-dealkylation sites (tertiary alicyclic amines) is 1. The van der Waals surface area contributed by atoms with Crippen molar-refractivity contribution in [3.63, 3.8) is 0 Å². The highest BCUT2D eigenvalue weighted by molar-refractivity contribution is 7.14. The van der Waals surface area contributed by atoms with E-state index in [1.807, 2.05) is 4.90 Å². The van der Waals surface area contributed by atoms with Crippen LogP contribution in [-0.2, 0) is 9.59 Å². The zero-order chi connectivity index (χ0) is 19.9. The normalized spacial score (nSPS) is 15.3. The molecule has 5 nitrogen and oxygen atoms in total. The van der Waals surface area contributed by atoms with Gasteiger partial charge in [0.1, 0.15) is 5.82 Å². The fourth-order valence-electron chi connectivity index (χ4n) is 3.23. The molecule has 7 heteroatoms. The zero-order valence-electron chi connectivity index (χ0n) is 15.9. The number of aromatic nitrogens is 1. The summed E-state index contributed by atoms with van der Waals surface area (Å²) in [4.78, 5) is 32.1. The number of thiazole rings is 1. The van der Waals surface area contributed by atoms with Gasteiger partial charge in [0.2, 0.25) is 11.8 Å². The molecule has 0 spiro atoms. The van der Waals surface area contributed by atoms with Gasteiger partial charge in [0.05, 0.1) is 11.4 Å². The Bertz CT molecular complexity index is 857. The molecule has 2 aromatic rings. The standard InChI is InChI=1S/C21H24FN3O2S/c1-16(26)25(19-10-6-5-9-18(19)22)21-23-17(15-28-21)11-12-20(27)24-13-7-3-2-4-8-14-24/h5-6,9-12,15H,2-4,7-8,13-14H2,1H3/b12-11+. The van der Waals surface area contributed by atoms with Gasteiger partial charge in [-0.05, 0) is 31.1 Å². The first-order chi connectivity index (χ1) is 13.6. The maximum absolute atomic E-state index is 14.1. The van der Waals surface area contributed by atoms with Gasteiger partial charge in [-0.3, -0.25) is 14.5 Å². The van der Waals surface area contributed by atoms with Crippen LogP contribution in [0.1, 0.15) is 44.7 Å². The smallest absolute Gasteiger partial charge is 0.246 e. The Morgan fingerprint density at radius 3 is 2.50 bits per heavy atom. The predicted molar refractivity (Wildman–Crippen MR) is 110 cm³/mol. The zero-order valence-corrected chi connectivity index (χ0v) is 16.8. The summed E-state index contributed by atoms with van der Waals surface area (Å²) in [6.45, 7) is 2.95. The van der Waals surface area contributed by atoms with Gasteiger partial charge in [0.15, 0.2) is 5.13 Å². The largest absolute Gasteiger partial charge is 0.339 e. The van der Waals surface area contributed by atoms with E-state index >= 15 is 0 Å². The van der Waals surface area contributed by atoms with Gasteiger partial charge in [-0.25, -0.2) is 9.37 Å². The summed E-state index contributed by atoms with van der Waals surface area (Å²) in [5.41, 5.74) is 0.736. The van der Waals surface area contributed by atoms with Gasteiger partial charge in [-0.2, -0.15) is 0 Å². The quantitative estimate of drug-likeness (QED) is 0.693. The lowest BCUT2D eigenvalue weighted by Gasteiger charge is -2.23. The summed E-state index contributed by atoms with van der Waals surface area (Å²) < 4.78 is 14.1. The van der Waals surface area contributed by atoms with Crippen LogP contribution in [0, 0.1) is 5.82 Å². The summed E-state index contributed by atoms with van der Waals surface area (Å²) in [5, 5.41) is 2.12. The van der Waals surface area contributed by atoms with Crippen LogP contribution in [0.15, 0.2) is 35.7 Å². The topological polar surface area (TPSA) is 53.5 Å². The number of anilines is 2. The van der Waals surface area contributed by atoms with E-state index in [9.17, 15) is 14.0 Å². The third kappa shape index (κ3) is 5.04. The molecular formula is C21H24FN3O2S. The van der Waals surface area contributed by atoms with Crippen molar-refractivity contribution in [2.45, 2.75) is 39.0 Å². The lowest BCUT2D eigenvalue weighted by molar-refractivity contribution is -0.126. The van der Waals surface area contributed by atoms with Crippen molar-refractivity contribution in [2.24, 2.45) is 0 Å². The molecule has 0 bridgehead atoms. The number of carbonyl (C=O) groups excluding carboxylic acids is 2. The molecule has 0 unspecified atom stereocenters. The molecule has 1 aromatic heterocycles. The second-order valence-electron chi connectivity index (χ2n) is 6.79. The number of hydrogen-bond acceptors (Lipinski definition) is 4. The molecule has 2 amide bonds. The monoisotopic (exact) mass is 401 g/mol. The Labute approximate surface area is 168 Å². The Balaban J connectivity index is 1.73. The van der Waals surface area contributed by atoms with E-state index in [1.165, 1.54) is 54.6 Å². The van der Waals surface area contributed by atoms with E-state index in [-0.39, 0.29) is 17.5 Å². The summed E-state index contributed by atoms with van der Waals surface area (Å²) in [7, 11) is 0. The maximum atomic E-state index is 14.1. The van der Waals surface area contributed by atoms with Crippen molar-refractivity contribution < 1.29 is 14.0 Å². The minimum Gasteiger partial charge on any atom is -0.339 e. The van der Waals surface area contributed by atoms with E-state index in [2.05, 4.69) is 4.98 Å². The third-order valence-corrected chi connectivity index (χ3v) is 5.52. The number of halogens is 1. The molecule has 1 aromatic carbocycles. The molecule has 1 aliphatic heterocycles. The van der Waals surface area contributed by atoms with Gasteiger partial charge in [0, 0.05) is 31.5 Å². The summed E-state index contributed by atoms with van der Waals surface area (Å²) in [6.07, 6.45) is 8.84. The molecule has 148 valence electrons. The Kier molecular flexibility index (Phi) is 6.92. The van der Waals surface area contributed by atoms with Crippen LogP contribution in [0.3, 0.4) is 0 Å². The first kappa shape index (κ1) is 20.2. The lowest BCUT2D eigenvalue weighted by atomic mass is 10.1. The Morgan fingerprint density at radius 1 is 1.14 bits per heavy atom. The number of carbonyl (C=O) groups is 2. The van der Waals surface area contributed by atoms with Gasteiger partial charge < -0.3 is 4.90 Å². The molecule has 1 aliphatic rings. The summed E-state index contributed by atoms with van der Waals surface area (Å²) in [5.74, 6) is -0.835. The van der Waals surface area contributed by atoms with Crippen molar-refractivity contribution in [1.29, 1.82) is 0 Å². The maximum Gasteiger partial charge on any atom is 0.246 e. The van der Waals surface area contributed by atoms with Gasteiger partial charge >= 0.3 is 0 Å². The summed E-state index contributed by atoms with van der Waals surface area (Å²) >= 11 is 1.23. The fraction of sp³-hybridized carbons (Fsp3) is 0.381. The number of benzene rings is 1. The fourth-order valence-corrected chi connectivity index (χ4v) is 4.07. The van der Waals surface area contributed by atoms with Crippen LogP contribution in [0.5, 0.6) is 0 Å². The van der Waals surface area contributed by atoms with Crippen molar-refractivity contribution >= 4 is 40.0 Å². The molecule has 28 heavy (non-hydrogen) atoms. The van der Waals surface area contributed by atoms with Crippen LogP contribution >= 0.6 is 11.3 Å². The minimum atomic E-state index is -0.489. The number of nitrogens with zero attached hydrogens (tertiary/aromatic N) is 3. The number of para-hydroxylation sites is 1.